The van der Waals surface area contributed by atoms with Crippen LogP contribution in [0.1, 0.15) is 20.8 Å². The van der Waals surface area contributed by atoms with Crippen LogP contribution < -0.4 is 0 Å². The molecule has 0 amide bonds. The second kappa shape index (κ2) is 7.55. The van der Waals surface area contributed by atoms with E-state index in [1.165, 1.54) is 20.8 Å². The summed E-state index contributed by atoms with van der Waals surface area (Å²) in [6.45, 7) is 3.52. The molecule has 1 aliphatic rings. The number of esters is 3. The van der Waals surface area contributed by atoms with Gasteiger partial charge in [0.25, 0.3) is 0 Å². The summed E-state index contributed by atoms with van der Waals surface area (Å²) in [6, 6.07) is 0. The average Bonchev–Trinajstić information content (AvgIpc) is 2.31. The molecule has 0 N–H and O–H groups in total. The van der Waals surface area contributed by atoms with Crippen LogP contribution in [0.5, 0.6) is 0 Å². The Morgan fingerprint density at radius 2 is 1.45 bits per heavy atom. The van der Waals surface area contributed by atoms with Crippen molar-refractivity contribution in [3.8, 4) is 0 Å². The van der Waals surface area contributed by atoms with Crippen LogP contribution in [-0.2, 0) is 37.2 Å². The van der Waals surface area contributed by atoms with Crippen molar-refractivity contribution in [1.29, 1.82) is 0 Å². The zero-order valence-corrected chi connectivity index (χ0v) is 12.7. The van der Waals surface area contributed by atoms with Crippen molar-refractivity contribution in [1.82, 2.24) is 0 Å². The van der Waals surface area contributed by atoms with E-state index in [1.54, 1.807) is 0 Å². The number of hydrogen-bond acceptors (Lipinski definition) is 8. The number of carbonyl (C=O) groups is 3. The summed E-state index contributed by atoms with van der Waals surface area (Å²) < 4.78 is 25.2. The molecule has 9 heteroatoms. The second-order valence-corrected chi connectivity index (χ2v) is 4.46. The van der Waals surface area contributed by atoms with Crippen molar-refractivity contribution in [2.24, 2.45) is 0 Å². The van der Waals surface area contributed by atoms with E-state index in [1.807, 2.05) is 0 Å². The molecule has 0 aromatic rings. The maximum Gasteiger partial charge on any atom is 0.303 e. The van der Waals surface area contributed by atoms with E-state index >= 15 is 0 Å². The largest absolute Gasteiger partial charge is 0.456 e. The minimum atomic E-state index is -1.06. The summed E-state index contributed by atoms with van der Waals surface area (Å²) in [5.41, 5.74) is 0. The lowest BCUT2D eigenvalue weighted by Crippen LogP contribution is -2.57. The molecule has 0 aromatic carbocycles. The Kier molecular flexibility index (Phi) is 6.37. The molecule has 0 spiro atoms. The normalized spacial score (nSPS) is 29.4. The van der Waals surface area contributed by atoms with Crippen LogP contribution in [-0.4, -0.2) is 49.1 Å². The lowest BCUT2D eigenvalue weighted by Gasteiger charge is -2.39. The Balaban J connectivity index is 2.95. The molecular formula is C11H15BrO8. The standard InChI is InChI=1S/C11H15BrO8/c1-5(13)17-8-4-16-11(20-12)10(19-7(3)15)9(8)18-6(2)14/h8-11H,4H2,1-3H3/t8-,9-,10+,11-/m1/s1. The minimum Gasteiger partial charge on any atom is -0.456 e. The SMILES string of the molecule is CC(=O)O[C@@H]1[C@@H](OBr)OC[C@@H](OC(C)=O)[C@H]1OC(C)=O. The third-order valence-electron chi connectivity index (χ3n) is 2.39. The maximum absolute atomic E-state index is 11.2. The lowest BCUT2D eigenvalue weighted by atomic mass is 10.0. The van der Waals surface area contributed by atoms with Gasteiger partial charge in [0.15, 0.2) is 18.3 Å². The quantitative estimate of drug-likeness (QED) is 0.530. The molecule has 0 aromatic heterocycles. The molecule has 1 aliphatic heterocycles. The van der Waals surface area contributed by atoms with Crippen LogP contribution in [0, 0.1) is 0 Å². The molecule has 0 radical (unpaired) electrons. The van der Waals surface area contributed by atoms with E-state index in [-0.39, 0.29) is 6.61 Å². The van der Waals surface area contributed by atoms with Gasteiger partial charge >= 0.3 is 17.9 Å². The van der Waals surface area contributed by atoms with Crippen molar-refractivity contribution < 1.29 is 37.2 Å². The predicted octanol–water partition coefficient (Wildman–Crippen LogP) is 0.464. The Morgan fingerprint density at radius 1 is 0.950 bits per heavy atom. The van der Waals surface area contributed by atoms with Gasteiger partial charge in [0.2, 0.25) is 6.29 Å². The van der Waals surface area contributed by atoms with Gasteiger partial charge in [-0.1, -0.05) is 0 Å². The van der Waals surface area contributed by atoms with Crippen molar-refractivity contribution in [3.05, 3.63) is 0 Å². The minimum absolute atomic E-state index is 0.0639. The van der Waals surface area contributed by atoms with E-state index in [2.05, 4.69) is 16.3 Å². The van der Waals surface area contributed by atoms with Gasteiger partial charge in [-0.3, -0.25) is 18.2 Å². The van der Waals surface area contributed by atoms with Crippen molar-refractivity contribution in [2.75, 3.05) is 6.61 Å². The second-order valence-electron chi connectivity index (χ2n) is 4.09. The highest BCUT2D eigenvalue weighted by Gasteiger charge is 2.47. The highest BCUT2D eigenvalue weighted by Crippen LogP contribution is 2.26. The first kappa shape index (κ1) is 16.9. The van der Waals surface area contributed by atoms with Gasteiger partial charge in [0.1, 0.15) is 16.3 Å². The van der Waals surface area contributed by atoms with Gasteiger partial charge in [-0.05, 0) is 0 Å². The van der Waals surface area contributed by atoms with E-state index in [9.17, 15) is 14.4 Å². The van der Waals surface area contributed by atoms with Gasteiger partial charge in [-0.25, -0.2) is 0 Å². The molecule has 0 unspecified atom stereocenters. The van der Waals surface area contributed by atoms with Gasteiger partial charge in [0, 0.05) is 20.8 Å². The Hall–Kier alpha value is -1.19. The molecule has 0 bridgehead atoms. The fraction of sp³-hybridized carbons (Fsp3) is 0.727. The molecule has 0 aliphatic carbocycles. The zero-order valence-electron chi connectivity index (χ0n) is 11.2. The molecule has 1 fully saturated rings. The topological polar surface area (TPSA) is 97.4 Å². The summed E-state index contributed by atoms with van der Waals surface area (Å²) in [6.07, 6.45) is -3.96. The third kappa shape index (κ3) is 4.73. The Morgan fingerprint density at radius 3 is 1.90 bits per heavy atom. The fourth-order valence-corrected chi connectivity index (χ4v) is 2.11. The maximum atomic E-state index is 11.2. The van der Waals surface area contributed by atoms with Gasteiger partial charge in [-0.2, -0.15) is 0 Å². The van der Waals surface area contributed by atoms with E-state index < -0.39 is 42.5 Å². The summed E-state index contributed by atoms with van der Waals surface area (Å²) in [5.74, 6) is -1.80. The van der Waals surface area contributed by atoms with Crippen LogP contribution in [0.15, 0.2) is 0 Å². The zero-order chi connectivity index (χ0) is 15.3. The van der Waals surface area contributed by atoms with Crippen LogP contribution >= 0.6 is 16.3 Å². The van der Waals surface area contributed by atoms with Crippen LogP contribution in [0.2, 0.25) is 0 Å². The van der Waals surface area contributed by atoms with Gasteiger partial charge in [-0.15, -0.1) is 0 Å². The predicted molar refractivity (Wildman–Crippen MR) is 66.4 cm³/mol. The van der Waals surface area contributed by atoms with E-state index in [0.717, 1.165) is 0 Å². The summed E-state index contributed by atoms with van der Waals surface area (Å²) in [4.78, 5) is 33.4. The monoisotopic (exact) mass is 354 g/mol. The summed E-state index contributed by atoms with van der Waals surface area (Å²) in [7, 11) is 0. The van der Waals surface area contributed by atoms with Crippen molar-refractivity contribution >= 4 is 34.2 Å². The number of carbonyl (C=O) groups excluding carboxylic acids is 3. The molecule has 4 atom stereocenters. The fourth-order valence-electron chi connectivity index (χ4n) is 1.79. The van der Waals surface area contributed by atoms with Crippen molar-refractivity contribution in [3.63, 3.8) is 0 Å². The molecular weight excluding hydrogens is 340 g/mol. The smallest absolute Gasteiger partial charge is 0.303 e. The first-order valence-corrected chi connectivity index (χ1v) is 6.40. The summed E-state index contributed by atoms with van der Waals surface area (Å²) >= 11 is 2.74. The highest BCUT2D eigenvalue weighted by molar-refractivity contribution is 9.06. The molecule has 1 rings (SSSR count). The Bertz CT molecular complexity index is 385. The average molecular weight is 355 g/mol. The summed E-state index contributed by atoms with van der Waals surface area (Å²) in [5, 5.41) is 0. The lowest BCUT2D eigenvalue weighted by molar-refractivity contribution is -0.255. The number of hydrogen-bond donors (Lipinski definition) is 0. The van der Waals surface area contributed by atoms with Crippen LogP contribution in [0.4, 0.5) is 0 Å². The van der Waals surface area contributed by atoms with Crippen LogP contribution in [0.3, 0.4) is 0 Å². The molecule has 8 nitrogen and oxygen atoms in total. The third-order valence-corrected chi connectivity index (χ3v) is 2.76. The number of rotatable bonds is 4. The van der Waals surface area contributed by atoms with E-state index in [0.29, 0.717) is 0 Å². The molecule has 0 saturated carbocycles. The highest BCUT2D eigenvalue weighted by atomic mass is 79.9. The first-order chi connectivity index (χ1) is 9.35. The molecule has 1 heterocycles. The van der Waals surface area contributed by atoms with E-state index in [4.69, 9.17) is 22.8 Å². The molecule has 1 saturated heterocycles. The first-order valence-electron chi connectivity index (χ1n) is 5.75. The van der Waals surface area contributed by atoms with Gasteiger partial charge < -0.3 is 18.9 Å². The molecule has 20 heavy (non-hydrogen) atoms. The van der Waals surface area contributed by atoms with Crippen molar-refractivity contribution in [2.45, 2.75) is 45.4 Å². The van der Waals surface area contributed by atoms with Crippen LogP contribution in [0.25, 0.3) is 0 Å². The number of halogens is 1. The van der Waals surface area contributed by atoms with Gasteiger partial charge in [0.05, 0.1) is 6.61 Å². The number of ether oxygens (including phenoxy) is 4. The molecule has 114 valence electrons. The Labute approximate surface area is 124 Å².